The molecule has 13 heavy (non-hydrogen) atoms. The fourth-order valence-electron chi connectivity index (χ4n) is 0.866. The van der Waals surface area contributed by atoms with Crippen molar-refractivity contribution in [3.05, 3.63) is 30.1 Å². The number of nitrogens with one attached hydrogen (secondary N) is 1. The van der Waals surface area contributed by atoms with Gasteiger partial charge in [-0.15, -0.1) is 0 Å². The first-order valence-electron chi connectivity index (χ1n) is 4.07. The monoisotopic (exact) mass is 180 g/mol. The Bertz CT molecular complexity index is 262. The number of rotatable bonds is 3. The molecule has 1 rings (SSSR count). The largest absolute Gasteiger partial charge is 0.449 e. The molecule has 0 saturated carbocycles. The average molecular weight is 180 g/mol. The molecule has 0 unspecified atom stereocenters. The molecule has 4 nitrogen and oxygen atoms in total. The molecular weight excluding hydrogens is 168 g/mol. The van der Waals surface area contributed by atoms with Crippen LogP contribution in [0.4, 0.5) is 4.79 Å². The van der Waals surface area contributed by atoms with Gasteiger partial charge in [-0.25, -0.2) is 4.79 Å². The van der Waals surface area contributed by atoms with Gasteiger partial charge in [-0.05, 0) is 12.1 Å². The quantitative estimate of drug-likeness (QED) is 0.754. The van der Waals surface area contributed by atoms with E-state index < -0.39 is 6.09 Å². The zero-order valence-corrected chi connectivity index (χ0v) is 7.49. The van der Waals surface area contributed by atoms with Crippen molar-refractivity contribution >= 4 is 6.09 Å². The van der Waals surface area contributed by atoms with Crippen molar-refractivity contribution in [2.75, 3.05) is 13.7 Å². The highest BCUT2D eigenvalue weighted by Gasteiger charge is 1.97. The van der Waals surface area contributed by atoms with Gasteiger partial charge in [0.15, 0.2) is 0 Å². The van der Waals surface area contributed by atoms with Crippen LogP contribution in [0, 0.1) is 0 Å². The first-order valence-corrected chi connectivity index (χ1v) is 4.07. The summed E-state index contributed by atoms with van der Waals surface area (Å²) in [6.45, 7) is 0.358. The van der Waals surface area contributed by atoms with Gasteiger partial charge < -0.3 is 10.1 Å². The number of carbonyl (C=O) groups is 1. The molecule has 0 atom stereocenters. The third kappa shape index (κ3) is 3.55. The second kappa shape index (κ2) is 5.13. The predicted octanol–water partition coefficient (Wildman–Crippen LogP) is 0.980. The van der Waals surface area contributed by atoms with E-state index in [4.69, 9.17) is 4.74 Å². The standard InChI is InChI=1S/C9H12N2O2/c1-10-9(12)13-7-5-8-4-2-3-6-11-8/h2-4,6H,5,7H2,1H3,(H,10,12). The van der Waals surface area contributed by atoms with Crippen LogP contribution < -0.4 is 5.32 Å². The number of pyridine rings is 1. The number of hydrogen-bond donors (Lipinski definition) is 1. The lowest BCUT2D eigenvalue weighted by atomic mass is 10.3. The van der Waals surface area contributed by atoms with Crippen LogP contribution in [-0.2, 0) is 11.2 Å². The minimum atomic E-state index is -0.407. The first-order chi connectivity index (χ1) is 6.33. The first kappa shape index (κ1) is 9.51. The van der Waals surface area contributed by atoms with Gasteiger partial charge in [-0.3, -0.25) is 4.98 Å². The van der Waals surface area contributed by atoms with Gasteiger partial charge in [0, 0.05) is 25.4 Å². The molecule has 1 amide bonds. The summed E-state index contributed by atoms with van der Waals surface area (Å²) in [7, 11) is 1.53. The van der Waals surface area contributed by atoms with E-state index in [0.717, 1.165) is 5.69 Å². The van der Waals surface area contributed by atoms with Gasteiger partial charge in [0.05, 0.1) is 6.61 Å². The van der Waals surface area contributed by atoms with E-state index in [-0.39, 0.29) is 0 Å². The Labute approximate surface area is 76.9 Å². The Kier molecular flexibility index (Phi) is 3.75. The molecule has 1 aromatic rings. The van der Waals surface area contributed by atoms with Crippen molar-refractivity contribution in [1.82, 2.24) is 10.3 Å². The highest BCUT2D eigenvalue weighted by atomic mass is 16.5. The van der Waals surface area contributed by atoms with E-state index in [1.807, 2.05) is 18.2 Å². The van der Waals surface area contributed by atoms with Gasteiger partial charge in [0.2, 0.25) is 0 Å². The number of aromatic nitrogens is 1. The number of hydrogen-bond acceptors (Lipinski definition) is 3. The number of ether oxygens (including phenoxy) is 1. The van der Waals surface area contributed by atoms with Crippen molar-refractivity contribution in [3.8, 4) is 0 Å². The Hall–Kier alpha value is -1.58. The summed E-state index contributed by atoms with van der Waals surface area (Å²) in [5.74, 6) is 0. The number of alkyl carbamates (subject to hydrolysis) is 1. The molecule has 70 valence electrons. The van der Waals surface area contributed by atoms with E-state index in [1.165, 1.54) is 7.05 Å². The summed E-state index contributed by atoms with van der Waals surface area (Å²) in [6.07, 6.45) is 1.96. The van der Waals surface area contributed by atoms with Crippen LogP contribution in [0.25, 0.3) is 0 Å². The minimum absolute atomic E-state index is 0.358. The van der Waals surface area contributed by atoms with Crippen LogP contribution >= 0.6 is 0 Å². The summed E-state index contributed by atoms with van der Waals surface area (Å²) >= 11 is 0. The molecule has 1 N–H and O–H groups in total. The summed E-state index contributed by atoms with van der Waals surface area (Å²) in [5.41, 5.74) is 0.923. The third-order valence-electron chi connectivity index (χ3n) is 1.52. The molecule has 0 aromatic carbocycles. The highest BCUT2D eigenvalue weighted by molar-refractivity contribution is 5.66. The van der Waals surface area contributed by atoms with E-state index in [2.05, 4.69) is 10.3 Å². The van der Waals surface area contributed by atoms with Crippen molar-refractivity contribution in [3.63, 3.8) is 0 Å². The van der Waals surface area contributed by atoms with Gasteiger partial charge >= 0.3 is 6.09 Å². The lowest BCUT2D eigenvalue weighted by Crippen LogP contribution is -2.20. The summed E-state index contributed by atoms with van der Waals surface area (Å²) in [6, 6.07) is 5.65. The highest BCUT2D eigenvalue weighted by Crippen LogP contribution is 1.94. The molecule has 4 heteroatoms. The number of nitrogens with zero attached hydrogens (tertiary/aromatic N) is 1. The molecular formula is C9H12N2O2. The molecule has 1 aromatic heterocycles. The maximum absolute atomic E-state index is 10.6. The lowest BCUT2D eigenvalue weighted by Gasteiger charge is -2.02. The zero-order valence-electron chi connectivity index (χ0n) is 7.49. The fraction of sp³-hybridized carbons (Fsp3) is 0.333. The fourth-order valence-corrected chi connectivity index (χ4v) is 0.866. The topological polar surface area (TPSA) is 51.2 Å². The molecule has 0 spiro atoms. The Balaban J connectivity index is 2.24. The number of carbonyl (C=O) groups excluding carboxylic acids is 1. The SMILES string of the molecule is CNC(=O)OCCc1ccccn1. The van der Waals surface area contributed by atoms with Crippen LogP contribution in [0.15, 0.2) is 24.4 Å². The maximum Gasteiger partial charge on any atom is 0.406 e. The van der Waals surface area contributed by atoms with Crippen LogP contribution in [-0.4, -0.2) is 24.7 Å². The molecule has 0 aliphatic rings. The van der Waals surface area contributed by atoms with E-state index in [9.17, 15) is 4.79 Å². The minimum Gasteiger partial charge on any atom is -0.449 e. The number of amides is 1. The van der Waals surface area contributed by atoms with Crippen molar-refractivity contribution < 1.29 is 9.53 Å². The Morgan fingerprint density at radius 2 is 2.46 bits per heavy atom. The average Bonchev–Trinajstić information content (AvgIpc) is 2.19. The molecule has 0 radical (unpaired) electrons. The molecule has 0 aliphatic carbocycles. The molecule has 0 aliphatic heterocycles. The Morgan fingerprint density at radius 1 is 1.62 bits per heavy atom. The molecule has 1 heterocycles. The van der Waals surface area contributed by atoms with Gasteiger partial charge in [0.25, 0.3) is 0 Å². The molecule has 0 bridgehead atoms. The molecule has 0 saturated heterocycles. The summed E-state index contributed by atoms with van der Waals surface area (Å²) in [5, 5.41) is 2.37. The maximum atomic E-state index is 10.6. The van der Waals surface area contributed by atoms with Crippen molar-refractivity contribution in [2.24, 2.45) is 0 Å². The summed E-state index contributed by atoms with van der Waals surface area (Å²) in [4.78, 5) is 14.7. The van der Waals surface area contributed by atoms with Gasteiger partial charge in [-0.2, -0.15) is 0 Å². The smallest absolute Gasteiger partial charge is 0.406 e. The predicted molar refractivity (Wildman–Crippen MR) is 48.3 cm³/mol. The Morgan fingerprint density at radius 3 is 3.08 bits per heavy atom. The van der Waals surface area contributed by atoms with Crippen LogP contribution in [0.2, 0.25) is 0 Å². The van der Waals surface area contributed by atoms with Crippen LogP contribution in [0.1, 0.15) is 5.69 Å². The van der Waals surface area contributed by atoms with Crippen LogP contribution in [0.5, 0.6) is 0 Å². The van der Waals surface area contributed by atoms with E-state index in [1.54, 1.807) is 6.20 Å². The van der Waals surface area contributed by atoms with Crippen molar-refractivity contribution in [2.45, 2.75) is 6.42 Å². The van der Waals surface area contributed by atoms with E-state index in [0.29, 0.717) is 13.0 Å². The van der Waals surface area contributed by atoms with Crippen LogP contribution in [0.3, 0.4) is 0 Å². The third-order valence-corrected chi connectivity index (χ3v) is 1.52. The summed E-state index contributed by atoms with van der Waals surface area (Å²) < 4.78 is 4.81. The second-order valence-electron chi connectivity index (χ2n) is 2.46. The molecule has 0 fully saturated rings. The normalized spacial score (nSPS) is 9.31. The lowest BCUT2D eigenvalue weighted by molar-refractivity contribution is 0.149. The second-order valence-corrected chi connectivity index (χ2v) is 2.46. The van der Waals surface area contributed by atoms with Crippen molar-refractivity contribution in [1.29, 1.82) is 0 Å². The van der Waals surface area contributed by atoms with E-state index >= 15 is 0 Å². The zero-order chi connectivity index (χ0) is 9.52. The van der Waals surface area contributed by atoms with Gasteiger partial charge in [-0.1, -0.05) is 6.07 Å². The van der Waals surface area contributed by atoms with Gasteiger partial charge in [0.1, 0.15) is 0 Å².